The predicted molar refractivity (Wildman–Crippen MR) is 83.3 cm³/mol. The Morgan fingerprint density at radius 3 is 2.27 bits per heavy atom. The van der Waals surface area contributed by atoms with Crippen molar-refractivity contribution in [2.24, 2.45) is 17.8 Å². The monoisotopic (exact) mass is 302 g/mol. The maximum absolute atomic E-state index is 12.5. The fourth-order valence-electron chi connectivity index (χ4n) is 5.72. The lowest BCUT2D eigenvalue weighted by molar-refractivity contribution is -0.126. The average Bonchev–Trinajstić information content (AvgIpc) is 2.73. The number of aromatic nitrogens is 1. The molecular formula is C18H26N2O2. The van der Waals surface area contributed by atoms with Gasteiger partial charge in [0.25, 0.3) is 0 Å². The molecule has 120 valence electrons. The van der Waals surface area contributed by atoms with Gasteiger partial charge in [0.2, 0.25) is 5.91 Å². The van der Waals surface area contributed by atoms with Gasteiger partial charge in [-0.1, -0.05) is 5.16 Å². The van der Waals surface area contributed by atoms with E-state index in [9.17, 15) is 4.79 Å². The molecule has 1 aromatic rings. The van der Waals surface area contributed by atoms with Crippen molar-refractivity contribution in [3.8, 4) is 0 Å². The number of nitrogens with zero attached hydrogens (tertiary/aromatic N) is 1. The molecule has 0 saturated heterocycles. The zero-order valence-electron chi connectivity index (χ0n) is 13.7. The van der Waals surface area contributed by atoms with Gasteiger partial charge in [0.1, 0.15) is 5.76 Å². The lowest BCUT2D eigenvalue weighted by atomic mass is 9.53. The largest absolute Gasteiger partial charge is 0.361 e. The van der Waals surface area contributed by atoms with E-state index in [4.69, 9.17) is 4.52 Å². The van der Waals surface area contributed by atoms with Gasteiger partial charge in [0.05, 0.1) is 5.69 Å². The standard InChI is InChI=1S/C18H26N2O2/c1-11-16(12(2)22-20-11)3-4-17(21)19-18-8-13-5-14(9-18)7-15(6-13)10-18/h13-15H,3-10H2,1-2H3,(H,19,21). The molecule has 0 spiro atoms. The van der Waals surface area contributed by atoms with Crippen molar-refractivity contribution in [1.82, 2.24) is 10.5 Å². The third kappa shape index (κ3) is 2.46. The van der Waals surface area contributed by atoms with Crippen molar-refractivity contribution in [2.45, 2.75) is 70.8 Å². The molecule has 4 nitrogen and oxygen atoms in total. The first-order valence-corrected chi connectivity index (χ1v) is 8.76. The van der Waals surface area contributed by atoms with E-state index in [0.29, 0.717) is 6.42 Å². The maximum atomic E-state index is 12.5. The molecule has 0 radical (unpaired) electrons. The van der Waals surface area contributed by atoms with Crippen LogP contribution < -0.4 is 5.32 Å². The molecule has 0 aliphatic heterocycles. The molecule has 1 N–H and O–H groups in total. The van der Waals surface area contributed by atoms with Crippen LogP contribution in [0.15, 0.2) is 4.52 Å². The van der Waals surface area contributed by atoms with Crippen LogP contribution in [0, 0.1) is 31.6 Å². The third-order valence-corrected chi connectivity index (χ3v) is 6.23. The first-order chi connectivity index (χ1) is 10.5. The summed E-state index contributed by atoms with van der Waals surface area (Å²) in [6, 6.07) is 0. The Bertz CT molecular complexity index is 535. The van der Waals surface area contributed by atoms with Crippen LogP contribution in [0.1, 0.15) is 62.0 Å². The summed E-state index contributed by atoms with van der Waals surface area (Å²) in [5, 5.41) is 7.40. The summed E-state index contributed by atoms with van der Waals surface area (Å²) in [5.74, 6) is 3.67. The zero-order chi connectivity index (χ0) is 15.3. The van der Waals surface area contributed by atoms with E-state index in [1.807, 2.05) is 13.8 Å². The highest BCUT2D eigenvalue weighted by molar-refractivity contribution is 5.77. The number of amides is 1. The maximum Gasteiger partial charge on any atom is 0.220 e. The van der Waals surface area contributed by atoms with Crippen molar-refractivity contribution in [1.29, 1.82) is 0 Å². The van der Waals surface area contributed by atoms with E-state index < -0.39 is 0 Å². The van der Waals surface area contributed by atoms with Gasteiger partial charge in [0.15, 0.2) is 0 Å². The summed E-state index contributed by atoms with van der Waals surface area (Å²) in [7, 11) is 0. The molecular weight excluding hydrogens is 276 g/mol. The normalized spacial score (nSPS) is 35.8. The van der Waals surface area contributed by atoms with Crippen LogP contribution in [-0.4, -0.2) is 16.6 Å². The lowest BCUT2D eigenvalue weighted by Crippen LogP contribution is -2.59. The minimum atomic E-state index is 0.130. The molecule has 22 heavy (non-hydrogen) atoms. The molecule has 5 rings (SSSR count). The first-order valence-electron chi connectivity index (χ1n) is 8.76. The molecule has 4 saturated carbocycles. The van der Waals surface area contributed by atoms with Crippen LogP contribution in [0.2, 0.25) is 0 Å². The Morgan fingerprint density at radius 2 is 1.77 bits per heavy atom. The molecule has 1 heterocycles. The molecule has 4 bridgehead atoms. The van der Waals surface area contributed by atoms with E-state index in [-0.39, 0.29) is 11.4 Å². The Kier molecular flexibility index (Phi) is 3.31. The van der Waals surface area contributed by atoms with Crippen LogP contribution in [-0.2, 0) is 11.2 Å². The topological polar surface area (TPSA) is 55.1 Å². The fourth-order valence-corrected chi connectivity index (χ4v) is 5.72. The third-order valence-electron chi connectivity index (χ3n) is 6.23. The van der Waals surface area contributed by atoms with Crippen molar-refractivity contribution in [3.05, 3.63) is 17.0 Å². The smallest absolute Gasteiger partial charge is 0.220 e. The number of carbonyl (C=O) groups excluding carboxylic acids is 1. The molecule has 1 aromatic heterocycles. The second kappa shape index (κ2) is 5.10. The quantitative estimate of drug-likeness (QED) is 0.928. The second-order valence-electron chi connectivity index (χ2n) is 8.05. The number of hydrogen-bond acceptors (Lipinski definition) is 3. The van der Waals surface area contributed by atoms with Crippen LogP contribution in [0.3, 0.4) is 0 Å². The van der Waals surface area contributed by atoms with Gasteiger partial charge in [-0.15, -0.1) is 0 Å². The van der Waals surface area contributed by atoms with E-state index in [1.165, 1.54) is 38.5 Å². The van der Waals surface area contributed by atoms with Crippen molar-refractivity contribution in [2.75, 3.05) is 0 Å². The molecule has 4 aliphatic rings. The molecule has 0 unspecified atom stereocenters. The summed E-state index contributed by atoms with van der Waals surface area (Å²) in [5.41, 5.74) is 2.14. The molecule has 4 heteroatoms. The SMILES string of the molecule is Cc1noc(C)c1CCC(=O)NC12CC3CC(CC(C3)C1)C2. The summed E-state index contributed by atoms with van der Waals surface area (Å²) in [4.78, 5) is 12.5. The van der Waals surface area contributed by atoms with Crippen LogP contribution in [0.4, 0.5) is 0 Å². The van der Waals surface area contributed by atoms with E-state index >= 15 is 0 Å². The van der Waals surface area contributed by atoms with E-state index in [1.54, 1.807) is 0 Å². The summed E-state index contributed by atoms with van der Waals surface area (Å²) in [6.07, 6.45) is 9.17. The predicted octanol–water partition coefficient (Wildman–Crippen LogP) is 3.31. The average molecular weight is 302 g/mol. The van der Waals surface area contributed by atoms with Crippen LogP contribution in [0.25, 0.3) is 0 Å². The highest BCUT2D eigenvalue weighted by Gasteiger charge is 2.51. The van der Waals surface area contributed by atoms with Gasteiger partial charge in [0, 0.05) is 17.5 Å². The first kappa shape index (κ1) is 14.3. The van der Waals surface area contributed by atoms with Gasteiger partial charge in [-0.2, -0.15) is 0 Å². The number of carbonyl (C=O) groups is 1. The number of aryl methyl sites for hydroxylation is 2. The van der Waals surface area contributed by atoms with E-state index in [2.05, 4.69) is 10.5 Å². The van der Waals surface area contributed by atoms with Gasteiger partial charge in [-0.3, -0.25) is 4.79 Å². The van der Waals surface area contributed by atoms with Crippen molar-refractivity contribution >= 4 is 5.91 Å². The summed E-state index contributed by atoms with van der Waals surface area (Å²) >= 11 is 0. The number of hydrogen-bond donors (Lipinski definition) is 1. The highest BCUT2D eigenvalue weighted by atomic mass is 16.5. The molecule has 0 atom stereocenters. The Morgan fingerprint density at radius 1 is 1.18 bits per heavy atom. The lowest BCUT2D eigenvalue weighted by Gasteiger charge is -2.56. The summed E-state index contributed by atoms with van der Waals surface area (Å²) < 4.78 is 5.18. The minimum Gasteiger partial charge on any atom is -0.361 e. The fraction of sp³-hybridized carbons (Fsp3) is 0.778. The molecule has 1 amide bonds. The second-order valence-corrected chi connectivity index (χ2v) is 8.05. The molecule has 0 aromatic carbocycles. The Hall–Kier alpha value is -1.32. The highest BCUT2D eigenvalue weighted by Crippen LogP contribution is 2.55. The minimum absolute atomic E-state index is 0.130. The Labute approximate surface area is 132 Å². The van der Waals surface area contributed by atoms with Gasteiger partial charge in [-0.05, 0) is 76.5 Å². The number of nitrogens with one attached hydrogen (secondary N) is 1. The van der Waals surface area contributed by atoms with Gasteiger partial charge < -0.3 is 9.84 Å². The molecule has 4 fully saturated rings. The van der Waals surface area contributed by atoms with Crippen LogP contribution >= 0.6 is 0 Å². The van der Waals surface area contributed by atoms with Gasteiger partial charge >= 0.3 is 0 Å². The summed E-state index contributed by atoms with van der Waals surface area (Å²) in [6.45, 7) is 3.87. The number of rotatable bonds is 4. The molecule has 4 aliphatic carbocycles. The van der Waals surface area contributed by atoms with Crippen molar-refractivity contribution < 1.29 is 9.32 Å². The van der Waals surface area contributed by atoms with Gasteiger partial charge in [-0.25, -0.2) is 0 Å². The zero-order valence-corrected chi connectivity index (χ0v) is 13.7. The van der Waals surface area contributed by atoms with Crippen molar-refractivity contribution in [3.63, 3.8) is 0 Å². The van der Waals surface area contributed by atoms with E-state index in [0.717, 1.165) is 41.2 Å². The Balaban J connectivity index is 1.38. The van der Waals surface area contributed by atoms with Crippen LogP contribution in [0.5, 0.6) is 0 Å².